The van der Waals surface area contributed by atoms with Crippen molar-refractivity contribution in [1.82, 2.24) is 14.9 Å². The Balaban J connectivity index is 1.69. The van der Waals surface area contributed by atoms with E-state index in [0.717, 1.165) is 30.6 Å². The molecule has 0 bridgehead atoms. The highest BCUT2D eigenvalue weighted by Gasteiger charge is 2.19. The third-order valence-corrected chi connectivity index (χ3v) is 4.75. The summed E-state index contributed by atoms with van der Waals surface area (Å²) in [6.07, 6.45) is 3.08. The number of H-pyrrole nitrogens is 1. The van der Waals surface area contributed by atoms with Gasteiger partial charge < -0.3 is 9.88 Å². The van der Waals surface area contributed by atoms with Crippen LogP contribution >= 0.6 is 0 Å². The van der Waals surface area contributed by atoms with Gasteiger partial charge in [-0.1, -0.05) is 24.3 Å². The largest absolute Gasteiger partial charge is 0.345 e. The lowest BCUT2D eigenvalue weighted by molar-refractivity contribution is -0.131. The van der Waals surface area contributed by atoms with E-state index in [1.54, 1.807) is 0 Å². The lowest BCUT2D eigenvalue weighted by atomic mass is 10.0. The number of aryl methyl sites for hydroxylation is 3. The van der Waals surface area contributed by atoms with Gasteiger partial charge in [-0.15, -0.1) is 0 Å². The minimum atomic E-state index is -0.329. The van der Waals surface area contributed by atoms with Crippen LogP contribution in [0.2, 0.25) is 0 Å². The van der Waals surface area contributed by atoms with Crippen LogP contribution in [-0.4, -0.2) is 27.3 Å². The van der Waals surface area contributed by atoms with Gasteiger partial charge in [-0.05, 0) is 49.8 Å². The second-order valence-electron chi connectivity index (χ2n) is 6.42. The second kappa shape index (κ2) is 6.99. The minimum Gasteiger partial charge on any atom is -0.338 e. The zero-order valence-electron chi connectivity index (χ0n) is 14.3. The molecule has 24 heavy (non-hydrogen) atoms. The van der Waals surface area contributed by atoms with E-state index in [4.69, 9.17) is 0 Å². The standard InChI is InChI=1S/C19H23N3O2/c1-13-17(14(2)21-19(24)20-13)9-10-18(23)22-11-5-8-15-6-3-4-7-16(15)12-22/h3-4,6-7H,5,8-12H2,1-2H3,(H,20,21,24). The first-order valence-corrected chi connectivity index (χ1v) is 8.45. The summed E-state index contributed by atoms with van der Waals surface area (Å²) in [7, 11) is 0. The van der Waals surface area contributed by atoms with Gasteiger partial charge in [0.1, 0.15) is 0 Å². The predicted octanol–water partition coefficient (Wildman–Crippen LogP) is 2.29. The number of rotatable bonds is 3. The molecular formula is C19H23N3O2. The van der Waals surface area contributed by atoms with Crippen molar-refractivity contribution in [2.75, 3.05) is 6.54 Å². The number of nitrogens with zero attached hydrogens (tertiary/aromatic N) is 2. The molecule has 126 valence electrons. The number of fused-ring (bicyclic) bond motifs is 1. The van der Waals surface area contributed by atoms with Crippen molar-refractivity contribution < 1.29 is 4.79 Å². The number of hydrogen-bond donors (Lipinski definition) is 1. The van der Waals surface area contributed by atoms with E-state index < -0.39 is 0 Å². The third-order valence-electron chi connectivity index (χ3n) is 4.75. The van der Waals surface area contributed by atoms with Crippen LogP contribution < -0.4 is 5.69 Å². The summed E-state index contributed by atoms with van der Waals surface area (Å²) < 4.78 is 0. The lowest BCUT2D eigenvalue weighted by Crippen LogP contribution is -2.31. The molecule has 0 aliphatic carbocycles. The Morgan fingerprint density at radius 1 is 1.25 bits per heavy atom. The minimum absolute atomic E-state index is 0.164. The number of benzene rings is 1. The molecule has 1 aromatic heterocycles. The SMILES string of the molecule is Cc1nc(=O)[nH]c(C)c1CCC(=O)N1CCCc2ccccc2C1. The normalized spacial score (nSPS) is 14.2. The third kappa shape index (κ3) is 3.55. The molecule has 0 radical (unpaired) electrons. The molecule has 1 amide bonds. The number of hydrogen-bond acceptors (Lipinski definition) is 3. The Hall–Kier alpha value is -2.43. The Bertz CT molecular complexity index is 784. The summed E-state index contributed by atoms with van der Waals surface area (Å²) >= 11 is 0. The first-order chi connectivity index (χ1) is 11.5. The number of aromatic nitrogens is 2. The molecular weight excluding hydrogens is 302 g/mol. The van der Waals surface area contributed by atoms with Gasteiger partial charge in [0.2, 0.25) is 5.91 Å². The summed E-state index contributed by atoms with van der Waals surface area (Å²) in [5.41, 5.74) is 4.76. The number of amides is 1. The van der Waals surface area contributed by atoms with Crippen LogP contribution in [0.3, 0.4) is 0 Å². The summed E-state index contributed by atoms with van der Waals surface area (Å²) in [5.74, 6) is 0.164. The fourth-order valence-electron chi connectivity index (χ4n) is 3.43. The van der Waals surface area contributed by atoms with Crippen molar-refractivity contribution in [3.63, 3.8) is 0 Å². The molecule has 0 spiro atoms. The molecule has 2 aromatic rings. The molecule has 0 fully saturated rings. The van der Waals surface area contributed by atoms with Gasteiger partial charge in [-0.25, -0.2) is 4.79 Å². The maximum Gasteiger partial charge on any atom is 0.345 e. The Labute approximate surface area is 141 Å². The van der Waals surface area contributed by atoms with Crippen LogP contribution in [0.1, 0.15) is 40.9 Å². The molecule has 0 saturated heterocycles. The second-order valence-corrected chi connectivity index (χ2v) is 6.42. The van der Waals surface area contributed by atoms with Crippen LogP contribution in [0.15, 0.2) is 29.1 Å². The molecule has 1 N–H and O–H groups in total. The van der Waals surface area contributed by atoms with Crippen molar-refractivity contribution in [2.45, 2.75) is 46.1 Å². The van der Waals surface area contributed by atoms with Gasteiger partial charge >= 0.3 is 5.69 Å². The quantitative estimate of drug-likeness (QED) is 0.941. The molecule has 0 saturated carbocycles. The molecule has 2 heterocycles. The summed E-state index contributed by atoms with van der Waals surface area (Å²) in [6, 6.07) is 8.36. The highest BCUT2D eigenvalue weighted by atomic mass is 16.2. The number of nitrogens with one attached hydrogen (secondary N) is 1. The molecule has 5 heteroatoms. The van der Waals surface area contributed by atoms with Gasteiger partial charge in [0, 0.05) is 30.9 Å². The zero-order valence-corrected chi connectivity index (χ0v) is 14.3. The van der Waals surface area contributed by atoms with E-state index in [1.807, 2.05) is 24.8 Å². The number of aromatic amines is 1. The number of carbonyl (C=O) groups is 1. The monoisotopic (exact) mass is 325 g/mol. The molecule has 1 aromatic carbocycles. The maximum absolute atomic E-state index is 12.7. The smallest absolute Gasteiger partial charge is 0.338 e. The van der Waals surface area contributed by atoms with Gasteiger partial charge in [0.25, 0.3) is 0 Å². The first kappa shape index (κ1) is 16.4. The summed E-state index contributed by atoms with van der Waals surface area (Å²) in [6.45, 7) is 5.18. The van der Waals surface area contributed by atoms with E-state index >= 15 is 0 Å². The topological polar surface area (TPSA) is 66.1 Å². The first-order valence-electron chi connectivity index (χ1n) is 8.45. The van der Waals surface area contributed by atoms with E-state index in [9.17, 15) is 9.59 Å². The van der Waals surface area contributed by atoms with Crippen LogP contribution in [-0.2, 0) is 24.2 Å². The van der Waals surface area contributed by atoms with Gasteiger partial charge in [0.05, 0.1) is 0 Å². The molecule has 0 atom stereocenters. The Morgan fingerprint density at radius 2 is 2.00 bits per heavy atom. The maximum atomic E-state index is 12.7. The van der Waals surface area contributed by atoms with E-state index in [2.05, 4.69) is 28.2 Å². The van der Waals surface area contributed by atoms with Crippen LogP contribution in [0, 0.1) is 13.8 Å². The predicted molar refractivity (Wildman–Crippen MR) is 92.8 cm³/mol. The number of carbonyl (C=O) groups excluding carboxylic acids is 1. The van der Waals surface area contributed by atoms with Gasteiger partial charge in [0.15, 0.2) is 0 Å². The Kier molecular flexibility index (Phi) is 4.79. The van der Waals surface area contributed by atoms with E-state index in [-0.39, 0.29) is 11.6 Å². The van der Waals surface area contributed by atoms with E-state index in [1.165, 1.54) is 11.1 Å². The van der Waals surface area contributed by atoms with Gasteiger partial charge in [-0.3, -0.25) is 4.79 Å². The van der Waals surface area contributed by atoms with Crippen molar-refractivity contribution in [3.05, 3.63) is 62.8 Å². The summed E-state index contributed by atoms with van der Waals surface area (Å²) in [5, 5.41) is 0. The van der Waals surface area contributed by atoms with E-state index in [0.29, 0.717) is 25.1 Å². The van der Waals surface area contributed by atoms with Crippen LogP contribution in [0.5, 0.6) is 0 Å². The van der Waals surface area contributed by atoms with Crippen LogP contribution in [0.4, 0.5) is 0 Å². The highest BCUT2D eigenvalue weighted by Crippen LogP contribution is 2.19. The fourth-order valence-corrected chi connectivity index (χ4v) is 3.43. The van der Waals surface area contributed by atoms with Crippen LogP contribution in [0.25, 0.3) is 0 Å². The molecule has 5 nitrogen and oxygen atoms in total. The molecule has 1 aliphatic heterocycles. The fraction of sp³-hybridized carbons (Fsp3) is 0.421. The van der Waals surface area contributed by atoms with Crippen molar-refractivity contribution >= 4 is 5.91 Å². The highest BCUT2D eigenvalue weighted by molar-refractivity contribution is 5.76. The zero-order chi connectivity index (χ0) is 17.1. The molecule has 0 unspecified atom stereocenters. The molecule has 1 aliphatic rings. The Morgan fingerprint density at radius 3 is 2.75 bits per heavy atom. The average Bonchev–Trinajstić information content (AvgIpc) is 2.76. The lowest BCUT2D eigenvalue weighted by Gasteiger charge is -2.21. The molecule has 3 rings (SSSR count). The van der Waals surface area contributed by atoms with Crippen molar-refractivity contribution in [2.24, 2.45) is 0 Å². The van der Waals surface area contributed by atoms with Crippen molar-refractivity contribution in [3.8, 4) is 0 Å². The van der Waals surface area contributed by atoms with Gasteiger partial charge in [-0.2, -0.15) is 4.98 Å². The van der Waals surface area contributed by atoms with Crippen molar-refractivity contribution in [1.29, 1.82) is 0 Å². The summed E-state index contributed by atoms with van der Waals surface area (Å²) in [4.78, 5) is 32.6. The average molecular weight is 325 g/mol.